The fourth-order valence-electron chi connectivity index (χ4n) is 1.17. The lowest BCUT2D eigenvalue weighted by molar-refractivity contribution is 0.393. The molecule has 0 heterocycles. The summed E-state index contributed by atoms with van der Waals surface area (Å²) in [5, 5.41) is 6.16. The van der Waals surface area contributed by atoms with E-state index in [9.17, 15) is 0 Å². The molecule has 0 N–H and O–H groups in total. The maximum absolute atomic E-state index is 4.32. The first kappa shape index (κ1) is 14.4. The molecule has 0 saturated carbocycles. The zero-order chi connectivity index (χ0) is 12.4. The van der Waals surface area contributed by atoms with Crippen molar-refractivity contribution in [3.05, 3.63) is 48.7 Å². The summed E-state index contributed by atoms with van der Waals surface area (Å²) < 4.78 is 0. The zero-order valence-corrected chi connectivity index (χ0v) is 10.8. The summed E-state index contributed by atoms with van der Waals surface area (Å²) in [5.41, 5.74) is 2.26. The van der Waals surface area contributed by atoms with Gasteiger partial charge in [0, 0.05) is 11.9 Å². The van der Waals surface area contributed by atoms with E-state index in [1.54, 1.807) is 6.20 Å². The molecule has 1 aromatic rings. The highest BCUT2D eigenvalue weighted by Gasteiger charge is 1.97. The third-order valence-corrected chi connectivity index (χ3v) is 1.73. The molecule has 1 aromatic carbocycles. The Morgan fingerprint density at radius 3 is 2.25 bits per heavy atom. The van der Waals surface area contributed by atoms with Crippen molar-refractivity contribution in [1.29, 1.82) is 0 Å². The van der Waals surface area contributed by atoms with Crippen LogP contribution in [0, 0.1) is 0 Å². The van der Waals surface area contributed by atoms with Crippen LogP contribution < -0.4 is 0 Å². The van der Waals surface area contributed by atoms with Crippen LogP contribution >= 0.6 is 0 Å². The molecule has 1 rings (SSSR count). The topological polar surface area (TPSA) is 15.6 Å². The van der Waals surface area contributed by atoms with Crippen LogP contribution in [0.25, 0.3) is 0 Å². The van der Waals surface area contributed by atoms with Gasteiger partial charge in [-0.2, -0.15) is 5.10 Å². The van der Waals surface area contributed by atoms with Crippen LogP contribution in [0.15, 0.2) is 48.2 Å². The number of hydrazone groups is 1. The molecular weight excluding hydrogens is 196 g/mol. The summed E-state index contributed by atoms with van der Waals surface area (Å²) in [5.74, 6) is 0. The van der Waals surface area contributed by atoms with Gasteiger partial charge in [0.25, 0.3) is 0 Å². The minimum Gasteiger partial charge on any atom is -0.269 e. The first-order valence-corrected chi connectivity index (χ1v) is 5.67. The van der Waals surface area contributed by atoms with Gasteiger partial charge in [-0.25, -0.2) is 0 Å². The van der Waals surface area contributed by atoms with Crippen LogP contribution in [-0.2, 0) is 6.54 Å². The molecule has 0 amide bonds. The molecule has 0 radical (unpaired) electrons. The fraction of sp³-hybridized carbons (Fsp3) is 0.357. The molecule has 0 aliphatic heterocycles. The molecule has 2 nitrogen and oxygen atoms in total. The molecule has 0 aliphatic carbocycles. The average Bonchev–Trinajstić information content (AvgIpc) is 2.31. The van der Waals surface area contributed by atoms with Gasteiger partial charge >= 0.3 is 0 Å². The molecule has 0 aliphatic rings. The number of hydrogen-bond acceptors (Lipinski definition) is 2. The minimum absolute atomic E-state index is 0.773. The molecule has 2 heteroatoms. The monoisotopic (exact) mass is 218 g/mol. The van der Waals surface area contributed by atoms with Crippen LogP contribution in [0.5, 0.6) is 0 Å². The van der Waals surface area contributed by atoms with Gasteiger partial charge in [0.05, 0.1) is 6.54 Å². The highest BCUT2D eigenvalue weighted by molar-refractivity contribution is 5.78. The van der Waals surface area contributed by atoms with Crippen LogP contribution in [0.1, 0.15) is 33.3 Å². The predicted molar refractivity (Wildman–Crippen MR) is 72.3 cm³/mol. The standard InChI is InChI=1S/C12H16N2.C2H6/c1-4-14(13-11(2)3)10-12-8-6-5-7-9-12;1-2/h4-9H,1,10H2,2-3H3;1-2H3. The van der Waals surface area contributed by atoms with Gasteiger partial charge in [0.15, 0.2) is 0 Å². The van der Waals surface area contributed by atoms with Crippen molar-refractivity contribution in [2.24, 2.45) is 5.10 Å². The molecule has 0 saturated heterocycles. The zero-order valence-electron chi connectivity index (χ0n) is 10.8. The third kappa shape index (κ3) is 6.02. The predicted octanol–water partition coefficient (Wildman–Crippen LogP) is 4.05. The smallest absolute Gasteiger partial charge is 0.0659 e. The van der Waals surface area contributed by atoms with E-state index < -0.39 is 0 Å². The number of rotatable bonds is 4. The maximum Gasteiger partial charge on any atom is 0.0659 e. The minimum atomic E-state index is 0.773. The SMILES string of the molecule is C=CN(Cc1ccccc1)N=C(C)C.CC. The number of nitrogens with zero attached hydrogens (tertiary/aromatic N) is 2. The van der Waals surface area contributed by atoms with Crippen LogP contribution in [0.2, 0.25) is 0 Å². The van der Waals surface area contributed by atoms with E-state index in [1.807, 2.05) is 50.9 Å². The summed E-state index contributed by atoms with van der Waals surface area (Å²) in [4.78, 5) is 0. The Morgan fingerprint density at radius 1 is 1.25 bits per heavy atom. The highest BCUT2D eigenvalue weighted by atomic mass is 15.4. The van der Waals surface area contributed by atoms with Crippen molar-refractivity contribution in [2.45, 2.75) is 34.2 Å². The van der Waals surface area contributed by atoms with Crippen LogP contribution in [0.3, 0.4) is 0 Å². The molecule has 16 heavy (non-hydrogen) atoms. The second-order valence-electron chi connectivity index (χ2n) is 3.31. The van der Waals surface area contributed by atoms with E-state index in [0.717, 1.165) is 12.3 Å². The van der Waals surface area contributed by atoms with Crippen LogP contribution in [-0.4, -0.2) is 10.7 Å². The van der Waals surface area contributed by atoms with Crippen molar-refractivity contribution < 1.29 is 0 Å². The van der Waals surface area contributed by atoms with E-state index in [2.05, 4.69) is 23.8 Å². The Bertz CT molecular complexity index is 311. The van der Waals surface area contributed by atoms with Gasteiger partial charge in [0.1, 0.15) is 0 Å². The number of benzene rings is 1. The van der Waals surface area contributed by atoms with E-state index in [4.69, 9.17) is 0 Å². The van der Waals surface area contributed by atoms with Crippen molar-refractivity contribution in [3.8, 4) is 0 Å². The van der Waals surface area contributed by atoms with E-state index in [1.165, 1.54) is 5.56 Å². The summed E-state index contributed by atoms with van der Waals surface area (Å²) >= 11 is 0. The molecular formula is C14H22N2. The lowest BCUT2D eigenvalue weighted by atomic mass is 10.2. The lowest BCUT2D eigenvalue weighted by Gasteiger charge is -2.14. The van der Waals surface area contributed by atoms with Crippen molar-refractivity contribution in [3.63, 3.8) is 0 Å². The largest absolute Gasteiger partial charge is 0.269 e. The van der Waals surface area contributed by atoms with Gasteiger partial charge in [-0.05, 0) is 19.4 Å². The summed E-state index contributed by atoms with van der Waals surface area (Å²) in [6.45, 7) is 12.4. The summed E-state index contributed by atoms with van der Waals surface area (Å²) in [7, 11) is 0. The van der Waals surface area contributed by atoms with E-state index in [-0.39, 0.29) is 0 Å². The van der Waals surface area contributed by atoms with Crippen LogP contribution in [0.4, 0.5) is 0 Å². The van der Waals surface area contributed by atoms with Crippen molar-refractivity contribution in [1.82, 2.24) is 5.01 Å². The summed E-state index contributed by atoms with van der Waals surface area (Å²) in [6.07, 6.45) is 1.74. The molecule has 88 valence electrons. The maximum atomic E-state index is 4.32. The number of hydrogen-bond donors (Lipinski definition) is 0. The van der Waals surface area contributed by atoms with E-state index >= 15 is 0 Å². The molecule has 0 bridgehead atoms. The van der Waals surface area contributed by atoms with Gasteiger partial charge in [-0.15, -0.1) is 0 Å². The second kappa shape index (κ2) is 8.72. The Balaban J connectivity index is 0.00000106. The molecule has 0 fully saturated rings. The summed E-state index contributed by atoms with van der Waals surface area (Å²) in [6, 6.07) is 10.2. The third-order valence-electron chi connectivity index (χ3n) is 1.73. The second-order valence-corrected chi connectivity index (χ2v) is 3.31. The van der Waals surface area contributed by atoms with Gasteiger partial charge in [0.2, 0.25) is 0 Å². The molecule has 0 atom stereocenters. The van der Waals surface area contributed by atoms with Gasteiger partial charge < -0.3 is 0 Å². The van der Waals surface area contributed by atoms with Gasteiger partial charge in [-0.3, -0.25) is 5.01 Å². The molecule has 0 spiro atoms. The highest BCUT2D eigenvalue weighted by Crippen LogP contribution is 2.04. The Morgan fingerprint density at radius 2 is 1.81 bits per heavy atom. The Labute approximate surface area is 99.3 Å². The lowest BCUT2D eigenvalue weighted by Crippen LogP contribution is -2.10. The Kier molecular flexibility index (Phi) is 7.86. The van der Waals surface area contributed by atoms with Gasteiger partial charge in [-0.1, -0.05) is 50.8 Å². The first-order chi connectivity index (χ1) is 7.72. The first-order valence-electron chi connectivity index (χ1n) is 5.67. The van der Waals surface area contributed by atoms with Crippen molar-refractivity contribution >= 4 is 5.71 Å². The van der Waals surface area contributed by atoms with Crippen molar-refractivity contribution in [2.75, 3.05) is 0 Å². The molecule has 0 unspecified atom stereocenters. The molecule has 0 aromatic heterocycles. The Hall–Kier alpha value is -1.57. The normalized spacial score (nSPS) is 8.50. The average molecular weight is 218 g/mol. The fourth-order valence-corrected chi connectivity index (χ4v) is 1.17. The van der Waals surface area contributed by atoms with E-state index in [0.29, 0.717) is 0 Å². The quantitative estimate of drug-likeness (QED) is 0.550.